The fourth-order valence-electron chi connectivity index (χ4n) is 2.35. The summed E-state index contributed by atoms with van der Waals surface area (Å²) in [5.74, 6) is 0.668. The largest absolute Gasteiger partial charge is 0.329 e. The van der Waals surface area contributed by atoms with Crippen LogP contribution in [0.3, 0.4) is 0 Å². The van der Waals surface area contributed by atoms with E-state index in [1.54, 1.807) is 6.07 Å². The Bertz CT molecular complexity index is 393. The van der Waals surface area contributed by atoms with Gasteiger partial charge in [0.1, 0.15) is 5.82 Å². The number of halogens is 2. The molecule has 1 aromatic carbocycles. The number of nitrogens with two attached hydrogens (primary N) is 1. The highest BCUT2D eigenvalue weighted by Crippen LogP contribution is 2.29. The summed E-state index contributed by atoms with van der Waals surface area (Å²) in [4.78, 5) is 0. The van der Waals surface area contributed by atoms with Crippen LogP contribution in [-0.2, 0) is 0 Å². The average molecular weight is 315 g/mol. The molecule has 2 nitrogen and oxygen atoms in total. The predicted molar refractivity (Wildman–Crippen MR) is 75.9 cm³/mol. The Morgan fingerprint density at radius 1 is 1.44 bits per heavy atom. The molecule has 1 unspecified atom stereocenters. The van der Waals surface area contributed by atoms with Gasteiger partial charge >= 0.3 is 0 Å². The first kappa shape index (κ1) is 14.0. The van der Waals surface area contributed by atoms with E-state index in [1.807, 2.05) is 6.07 Å². The molecule has 2 rings (SSSR count). The van der Waals surface area contributed by atoms with Crippen LogP contribution in [0.1, 0.15) is 37.3 Å². The lowest BCUT2D eigenvalue weighted by Crippen LogP contribution is -2.31. The van der Waals surface area contributed by atoms with Crippen molar-refractivity contribution in [3.63, 3.8) is 0 Å². The van der Waals surface area contributed by atoms with Crippen LogP contribution in [0.15, 0.2) is 22.7 Å². The van der Waals surface area contributed by atoms with Crippen LogP contribution >= 0.6 is 15.9 Å². The van der Waals surface area contributed by atoms with Crippen LogP contribution in [0.2, 0.25) is 0 Å². The van der Waals surface area contributed by atoms with Gasteiger partial charge in [-0.2, -0.15) is 0 Å². The van der Waals surface area contributed by atoms with Crippen LogP contribution in [0.4, 0.5) is 4.39 Å². The molecule has 0 aromatic heterocycles. The quantitative estimate of drug-likeness (QED) is 0.845. The van der Waals surface area contributed by atoms with Gasteiger partial charge in [-0.3, -0.25) is 0 Å². The van der Waals surface area contributed by atoms with Crippen LogP contribution in [0, 0.1) is 11.7 Å². The van der Waals surface area contributed by atoms with Crippen LogP contribution in [0.5, 0.6) is 0 Å². The van der Waals surface area contributed by atoms with E-state index in [9.17, 15) is 4.39 Å². The van der Waals surface area contributed by atoms with Gasteiger partial charge in [0.2, 0.25) is 0 Å². The second kappa shape index (κ2) is 6.64. The number of rotatable bonds is 6. The van der Waals surface area contributed by atoms with Gasteiger partial charge in [-0.15, -0.1) is 0 Å². The minimum absolute atomic E-state index is 0.0850. The molecule has 0 aliphatic heterocycles. The molecule has 1 aromatic rings. The summed E-state index contributed by atoms with van der Waals surface area (Å²) in [6, 6.07) is 5.06. The highest BCUT2D eigenvalue weighted by Gasteiger charge is 2.18. The first-order chi connectivity index (χ1) is 8.70. The maximum Gasteiger partial charge on any atom is 0.129 e. The Balaban J connectivity index is 1.89. The minimum Gasteiger partial charge on any atom is -0.329 e. The zero-order valence-corrected chi connectivity index (χ0v) is 12.0. The summed E-state index contributed by atoms with van der Waals surface area (Å²) in [5.41, 5.74) is 6.40. The molecule has 0 saturated heterocycles. The molecular weight excluding hydrogens is 295 g/mol. The number of benzene rings is 1. The third-order valence-corrected chi connectivity index (χ3v) is 4.23. The molecule has 100 valence electrons. The Hall–Kier alpha value is -0.450. The van der Waals surface area contributed by atoms with Crippen LogP contribution in [-0.4, -0.2) is 13.1 Å². The van der Waals surface area contributed by atoms with E-state index in [-0.39, 0.29) is 11.9 Å². The van der Waals surface area contributed by atoms with Gasteiger partial charge < -0.3 is 11.1 Å². The van der Waals surface area contributed by atoms with E-state index < -0.39 is 0 Å². The highest BCUT2D eigenvalue weighted by molar-refractivity contribution is 9.10. The molecule has 4 heteroatoms. The van der Waals surface area contributed by atoms with Crippen molar-refractivity contribution < 1.29 is 4.39 Å². The van der Waals surface area contributed by atoms with Crippen molar-refractivity contribution in [1.82, 2.24) is 5.32 Å². The lowest BCUT2D eigenvalue weighted by atomic mass is 9.83. The van der Waals surface area contributed by atoms with E-state index in [4.69, 9.17) is 5.73 Å². The monoisotopic (exact) mass is 314 g/mol. The predicted octanol–water partition coefficient (Wildman–Crippen LogP) is 3.37. The summed E-state index contributed by atoms with van der Waals surface area (Å²) in [6.07, 6.45) is 5.24. The van der Waals surface area contributed by atoms with Gasteiger partial charge in [0.05, 0.1) is 0 Å². The van der Waals surface area contributed by atoms with Gasteiger partial charge in [-0.1, -0.05) is 41.3 Å². The lowest BCUT2D eigenvalue weighted by molar-refractivity contribution is 0.287. The van der Waals surface area contributed by atoms with Gasteiger partial charge in [0, 0.05) is 22.6 Å². The second-order valence-electron chi connectivity index (χ2n) is 4.99. The maximum absolute atomic E-state index is 13.8. The summed E-state index contributed by atoms with van der Waals surface area (Å²) < 4.78 is 14.6. The van der Waals surface area contributed by atoms with Crippen molar-refractivity contribution in [2.75, 3.05) is 13.1 Å². The van der Waals surface area contributed by atoms with Crippen molar-refractivity contribution in [2.45, 2.75) is 31.7 Å². The standard InChI is InChI=1S/C14H20BrFN2/c15-11-4-5-12(13(16)8-11)14(9-17)18-7-6-10-2-1-3-10/h4-5,8,10,14,18H,1-3,6-7,9,17H2. The van der Waals surface area contributed by atoms with Crippen molar-refractivity contribution >= 4 is 15.9 Å². The second-order valence-corrected chi connectivity index (χ2v) is 5.91. The third-order valence-electron chi connectivity index (χ3n) is 3.74. The molecule has 0 amide bonds. The van der Waals surface area contributed by atoms with Crippen LogP contribution in [0.25, 0.3) is 0 Å². The third kappa shape index (κ3) is 3.53. The zero-order valence-electron chi connectivity index (χ0n) is 10.5. The van der Waals surface area contributed by atoms with E-state index in [2.05, 4.69) is 21.2 Å². The fourth-order valence-corrected chi connectivity index (χ4v) is 2.68. The van der Waals surface area contributed by atoms with Gasteiger partial charge in [0.15, 0.2) is 0 Å². The Kier molecular flexibility index (Phi) is 5.15. The SMILES string of the molecule is NCC(NCCC1CCC1)c1ccc(Br)cc1F. The van der Waals surface area contributed by atoms with Crippen molar-refractivity contribution in [3.05, 3.63) is 34.1 Å². The van der Waals surface area contributed by atoms with E-state index in [0.717, 1.165) is 16.9 Å². The molecule has 1 fully saturated rings. The molecule has 1 saturated carbocycles. The molecule has 1 atom stereocenters. The first-order valence-corrected chi connectivity index (χ1v) is 7.38. The number of hydrogen-bond donors (Lipinski definition) is 2. The number of nitrogens with one attached hydrogen (secondary N) is 1. The summed E-state index contributed by atoms with van der Waals surface area (Å²) in [6.45, 7) is 1.34. The number of hydrogen-bond acceptors (Lipinski definition) is 2. The highest BCUT2D eigenvalue weighted by atomic mass is 79.9. The Labute approximate surface area is 116 Å². The van der Waals surface area contributed by atoms with E-state index in [1.165, 1.54) is 31.7 Å². The van der Waals surface area contributed by atoms with Crippen molar-refractivity contribution in [3.8, 4) is 0 Å². The molecular formula is C14H20BrFN2. The normalized spacial score (nSPS) is 17.5. The zero-order chi connectivity index (χ0) is 13.0. The molecule has 0 bridgehead atoms. The molecule has 1 aliphatic carbocycles. The van der Waals surface area contributed by atoms with Gasteiger partial charge in [0.25, 0.3) is 0 Å². The Morgan fingerprint density at radius 2 is 2.22 bits per heavy atom. The molecule has 0 spiro atoms. The van der Waals surface area contributed by atoms with E-state index >= 15 is 0 Å². The maximum atomic E-state index is 13.8. The van der Waals surface area contributed by atoms with Gasteiger partial charge in [-0.05, 0) is 31.0 Å². The van der Waals surface area contributed by atoms with Gasteiger partial charge in [-0.25, -0.2) is 4.39 Å². The molecule has 0 radical (unpaired) electrons. The average Bonchev–Trinajstić information content (AvgIpc) is 2.28. The summed E-state index contributed by atoms with van der Waals surface area (Å²) in [5, 5.41) is 3.36. The summed E-state index contributed by atoms with van der Waals surface area (Å²) >= 11 is 3.26. The molecule has 1 aliphatic rings. The smallest absolute Gasteiger partial charge is 0.129 e. The minimum atomic E-state index is -0.198. The topological polar surface area (TPSA) is 38.0 Å². The molecule has 3 N–H and O–H groups in total. The van der Waals surface area contributed by atoms with Crippen molar-refractivity contribution in [1.29, 1.82) is 0 Å². The molecule has 0 heterocycles. The summed E-state index contributed by atoms with van der Waals surface area (Å²) in [7, 11) is 0. The van der Waals surface area contributed by atoms with Crippen molar-refractivity contribution in [2.24, 2.45) is 11.7 Å². The Morgan fingerprint density at radius 3 is 2.78 bits per heavy atom. The van der Waals surface area contributed by atoms with E-state index in [0.29, 0.717) is 12.1 Å². The first-order valence-electron chi connectivity index (χ1n) is 6.59. The fraction of sp³-hybridized carbons (Fsp3) is 0.571. The molecule has 18 heavy (non-hydrogen) atoms. The lowest BCUT2D eigenvalue weighted by Gasteiger charge is -2.26. The van der Waals surface area contributed by atoms with Crippen LogP contribution < -0.4 is 11.1 Å².